The van der Waals surface area contributed by atoms with E-state index in [0.29, 0.717) is 18.6 Å². The molecule has 1 saturated heterocycles. The van der Waals surface area contributed by atoms with Gasteiger partial charge < -0.3 is 18.7 Å². The zero-order valence-electron chi connectivity index (χ0n) is 25.8. The van der Waals surface area contributed by atoms with Gasteiger partial charge in [0.1, 0.15) is 30.3 Å². The van der Waals surface area contributed by atoms with Gasteiger partial charge in [0.25, 0.3) is 0 Å². The molecule has 2 aromatic carbocycles. The van der Waals surface area contributed by atoms with Crippen molar-refractivity contribution >= 4 is 25.3 Å². The molecule has 0 saturated carbocycles. The van der Waals surface area contributed by atoms with Crippen LogP contribution in [0.4, 0.5) is 9.18 Å². The van der Waals surface area contributed by atoms with Crippen molar-refractivity contribution in [3.8, 4) is 5.75 Å². The van der Waals surface area contributed by atoms with Gasteiger partial charge in [0.2, 0.25) is 14.2 Å². The van der Waals surface area contributed by atoms with E-state index in [9.17, 15) is 23.3 Å². The molecule has 1 aliphatic heterocycles. The van der Waals surface area contributed by atoms with E-state index in [-0.39, 0.29) is 19.3 Å². The molecule has 1 aliphatic rings. The Morgan fingerprint density at radius 3 is 2.30 bits per heavy atom. The molecule has 2 aromatic rings. The first-order valence-electron chi connectivity index (χ1n) is 14.7. The maximum Gasteiger partial charge on any atom is 0.526 e. The van der Waals surface area contributed by atoms with Gasteiger partial charge in [-0.1, -0.05) is 30.3 Å². The molecule has 1 fully saturated rings. The lowest BCUT2D eigenvalue weighted by molar-refractivity contribution is -0.793. The molecule has 0 radical (unpaired) electrons. The number of benzene rings is 2. The van der Waals surface area contributed by atoms with Crippen molar-refractivity contribution in [2.45, 2.75) is 72.4 Å². The number of esters is 1. The van der Waals surface area contributed by atoms with Gasteiger partial charge in [-0.2, -0.15) is 9.28 Å². The number of carbonyl (C=O) groups excluding carboxylic acids is 3. The predicted molar refractivity (Wildman–Crippen MR) is 160 cm³/mol. The fraction of sp³-hybridized carbons (Fsp3) is 0.531. The lowest BCUT2D eigenvalue weighted by Gasteiger charge is -2.32. The minimum absolute atomic E-state index is 0.0937. The molecule has 0 spiro atoms. The summed E-state index contributed by atoms with van der Waals surface area (Å²) in [4.78, 5) is 39.9. The fourth-order valence-corrected chi connectivity index (χ4v) is 7.40. The van der Waals surface area contributed by atoms with E-state index in [1.165, 1.54) is 29.8 Å². The smallest absolute Gasteiger partial charge is 0.484 e. The molecule has 3 rings (SSSR count). The van der Waals surface area contributed by atoms with Crippen LogP contribution in [0.1, 0.15) is 59.4 Å². The first-order valence-corrected chi connectivity index (χ1v) is 16.7. The summed E-state index contributed by atoms with van der Waals surface area (Å²) >= 11 is 0. The Labute approximate surface area is 253 Å². The lowest BCUT2D eigenvalue weighted by atomic mass is 9.98. The van der Waals surface area contributed by atoms with Crippen LogP contribution in [-0.2, 0) is 34.6 Å². The average molecular weight is 621 g/mol. The number of rotatable bonds is 13. The van der Waals surface area contributed by atoms with Crippen LogP contribution in [0.5, 0.6) is 5.75 Å². The van der Waals surface area contributed by atoms with Crippen molar-refractivity contribution in [1.82, 2.24) is 0 Å². The minimum atomic E-state index is -3.45. The molecule has 11 heteroatoms. The van der Waals surface area contributed by atoms with Gasteiger partial charge in [0.15, 0.2) is 6.10 Å². The summed E-state index contributed by atoms with van der Waals surface area (Å²) in [5, 5.41) is 0. The van der Waals surface area contributed by atoms with Crippen molar-refractivity contribution < 1.29 is 46.6 Å². The summed E-state index contributed by atoms with van der Waals surface area (Å²) in [7, 11) is -3.45. The maximum absolute atomic E-state index is 14.1. The van der Waals surface area contributed by atoms with Crippen LogP contribution in [0.3, 0.4) is 0 Å². The van der Waals surface area contributed by atoms with Crippen molar-refractivity contribution in [3.63, 3.8) is 0 Å². The number of quaternary nitrogens is 1. The van der Waals surface area contributed by atoms with Gasteiger partial charge in [-0.25, -0.2) is 9.18 Å². The summed E-state index contributed by atoms with van der Waals surface area (Å²) in [5.74, 6) is -1.21. The number of likely N-dealkylation sites (tertiary alicyclic amines) is 1. The Balaban J connectivity index is 1.77. The highest BCUT2D eigenvalue weighted by atomic mass is 31.2. The number of hydrogen-bond acceptors (Lipinski definition) is 8. The van der Waals surface area contributed by atoms with Crippen LogP contribution in [-0.4, -0.2) is 66.9 Å². The van der Waals surface area contributed by atoms with Crippen molar-refractivity contribution in [1.29, 1.82) is 0 Å². The van der Waals surface area contributed by atoms with Crippen LogP contribution in [0.15, 0.2) is 54.6 Å². The van der Waals surface area contributed by atoms with Gasteiger partial charge in [-0.3, -0.25) is 9.36 Å². The molecule has 1 heterocycles. The van der Waals surface area contributed by atoms with E-state index in [0.717, 1.165) is 12.8 Å². The van der Waals surface area contributed by atoms with Gasteiger partial charge in [0.05, 0.1) is 12.0 Å². The second-order valence-electron chi connectivity index (χ2n) is 12.0. The van der Waals surface area contributed by atoms with Crippen molar-refractivity contribution in [2.75, 3.05) is 32.3 Å². The Morgan fingerprint density at radius 2 is 1.67 bits per heavy atom. The first-order chi connectivity index (χ1) is 20.3. The molecule has 9 nitrogen and oxygen atoms in total. The first kappa shape index (κ1) is 34.4. The minimum Gasteiger partial charge on any atom is -0.484 e. The third kappa shape index (κ3) is 9.46. The normalized spacial score (nSPS) is 21.5. The number of hydrogen-bond donors (Lipinski definition) is 0. The van der Waals surface area contributed by atoms with E-state index in [4.69, 9.17) is 18.7 Å². The summed E-state index contributed by atoms with van der Waals surface area (Å²) in [6.45, 7) is 7.83. The molecule has 0 aliphatic carbocycles. The molecular formula is C32H44FNO8P+. The highest BCUT2D eigenvalue weighted by Crippen LogP contribution is 2.49. The van der Waals surface area contributed by atoms with Gasteiger partial charge in [-0.05, 0) is 83.7 Å². The number of imide groups is 1. The Hall–Kier alpha value is -3.07. The van der Waals surface area contributed by atoms with E-state index >= 15 is 0 Å². The summed E-state index contributed by atoms with van der Waals surface area (Å²) in [6.07, 6.45) is 0.690. The zero-order valence-corrected chi connectivity index (χ0v) is 26.6. The molecule has 4 atom stereocenters. The van der Waals surface area contributed by atoms with Crippen LogP contribution < -0.4 is 4.74 Å². The van der Waals surface area contributed by atoms with Gasteiger partial charge >= 0.3 is 18.0 Å². The molecule has 1 unspecified atom stereocenters. The van der Waals surface area contributed by atoms with E-state index < -0.39 is 66.2 Å². The average Bonchev–Trinajstić information content (AvgIpc) is 3.29. The number of ether oxygens (including phenoxy) is 3. The second kappa shape index (κ2) is 15.1. The topological polar surface area (TPSA) is 105 Å². The lowest BCUT2D eigenvalue weighted by Crippen LogP contribution is -2.61. The van der Waals surface area contributed by atoms with Crippen molar-refractivity contribution in [2.24, 2.45) is 5.41 Å². The third-order valence-electron chi connectivity index (χ3n) is 7.52. The maximum atomic E-state index is 14.1. The number of nitrogens with zero attached hydrogens (tertiary/aromatic N) is 1. The number of amides is 2. The van der Waals surface area contributed by atoms with E-state index in [1.54, 1.807) is 34.6 Å². The number of unbranched alkanes of at least 4 members (excludes halogenated alkanes) is 1. The molecule has 2 amide bonds. The quantitative estimate of drug-likeness (QED) is 0.0798. The summed E-state index contributed by atoms with van der Waals surface area (Å²) < 4.78 is 48.8. The largest absolute Gasteiger partial charge is 0.526 e. The summed E-state index contributed by atoms with van der Waals surface area (Å²) in [6, 6.07) is 14.8. The monoisotopic (exact) mass is 620 g/mol. The van der Waals surface area contributed by atoms with E-state index in [1.807, 2.05) is 30.3 Å². The van der Waals surface area contributed by atoms with Crippen LogP contribution in [0.25, 0.3) is 0 Å². The third-order valence-corrected chi connectivity index (χ3v) is 10.00. The number of halogens is 1. The standard InChI is InChI=1S/C32H44FNO8P/c1-6-41-43(38,19-11-10-14-25-12-8-7-9-13-25)22-29(35)34(31(37)40-23-39-30(36)32(3,4)5)21-28(20-24(34)2)42-27-17-15-26(33)16-18-27/h7-9,12-13,15-18,24,28H,6,10-11,14,19-23H2,1-5H3/q+1/t24-,28-,34-,43?/m1/s1. The van der Waals surface area contributed by atoms with Crippen LogP contribution in [0.2, 0.25) is 0 Å². The highest BCUT2D eigenvalue weighted by Gasteiger charge is 2.59. The second-order valence-corrected chi connectivity index (χ2v) is 14.6. The summed E-state index contributed by atoms with van der Waals surface area (Å²) in [5.41, 5.74) is 0.357. The molecular weight excluding hydrogens is 576 g/mol. The molecule has 0 N–H and O–H groups in total. The van der Waals surface area contributed by atoms with Crippen LogP contribution in [0, 0.1) is 11.2 Å². The Kier molecular flexibility index (Phi) is 12.1. The number of aryl methyl sites for hydroxylation is 1. The Bertz CT molecular complexity index is 1280. The zero-order chi connectivity index (χ0) is 31.7. The van der Waals surface area contributed by atoms with Gasteiger partial charge in [-0.15, -0.1) is 0 Å². The SMILES string of the molecule is CCOP(=O)(CCCCc1ccccc1)CC(=O)[N@@+]1(C(=O)OCOC(=O)C(C)(C)C)C[C@H](Oc2ccc(F)cc2)C[C@H]1C. The molecule has 43 heavy (non-hydrogen) atoms. The van der Waals surface area contributed by atoms with Gasteiger partial charge in [0, 0.05) is 12.6 Å². The predicted octanol–water partition coefficient (Wildman–Crippen LogP) is 6.73. The fourth-order valence-electron chi connectivity index (χ4n) is 5.18. The Morgan fingerprint density at radius 1 is 1.00 bits per heavy atom. The highest BCUT2D eigenvalue weighted by molar-refractivity contribution is 7.59. The molecule has 0 aromatic heterocycles. The van der Waals surface area contributed by atoms with Crippen molar-refractivity contribution in [3.05, 3.63) is 66.0 Å². The van der Waals surface area contributed by atoms with Crippen LogP contribution >= 0.6 is 7.37 Å². The number of carbonyl (C=O) groups is 3. The molecule has 236 valence electrons. The van der Waals surface area contributed by atoms with E-state index in [2.05, 4.69) is 0 Å². The molecule has 0 bridgehead atoms.